The molecule has 0 bridgehead atoms. The maximum Gasteiger partial charge on any atom is 0.357 e. The van der Waals surface area contributed by atoms with Crippen LogP contribution in [0, 0.1) is 5.92 Å². The minimum absolute atomic E-state index is 0.355. The normalized spacial score (nSPS) is 10.4. The summed E-state index contributed by atoms with van der Waals surface area (Å²) < 4.78 is 4.84. The van der Waals surface area contributed by atoms with E-state index in [4.69, 9.17) is 4.74 Å². The number of ether oxygens (including phenoxy) is 1. The van der Waals surface area contributed by atoms with E-state index < -0.39 is 0 Å². The molecule has 0 aromatic carbocycles. The molecule has 0 saturated carbocycles. The average Bonchev–Trinajstić information content (AvgIpc) is 2.63. The van der Waals surface area contributed by atoms with Crippen molar-refractivity contribution in [3.8, 4) is 0 Å². The Morgan fingerprint density at radius 2 is 2.40 bits per heavy atom. The predicted octanol–water partition coefficient (Wildman–Crippen LogP) is 2.39. The van der Waals surface area contributed by atoms with Crippen LogP contribution in [-0.4, -0.2) is 24.1 Å². The number of nitrogens with zero attached hydrogens (tertiary/aromatic N) is 1. The van der Waals surface area contributed by atoms with Gasteiger partial charge in [0.1, 0.15) is 0 Å². The molecule has 0 saturated heterocycles. The molecule has 1 rings (SSSR count). The minimum Gasteiger partial charge on any atom is -0.461 e. The lowest BCUT2D eigenvalue weighted by atomic mass is 10.2. The Bertz CT molecular complexity index is 323. The molecule has 1 heterocycles. The van der Waals surface area contributed by atoms with E-state index >= 15 is 0 Å². The summed E-state index contributed by atoms with van der Waals surface area (Å²) in [5.41, 5.74) is 0.383. The van der Waals surface area contributed by atoms with E-state index in [2.05, 4.69) is 24.1 Å². The molecule has 0 aliphatic rings. The lowest BCUT2D eigenvalue weighted by molar-refractivity contribution is 0.0520. The van der Waals surface area contributed by atoms with Gasteiger partial charge in [0, 0.05) is 11.9 Å². The Balaban J connectivity index is 2.52. The number of aromatic nitrogens is 1. The molecule has 0 aliphatic carbocycles. The number of thiazole rings is 1. The summed E-state index contributed by atoms with van der Waals surface area (Å²) in [4.78, 5) is 15.4. The largest absolute Gasteiger partial charge is 0.461 e. The van der Waals surface area contributed by atoms with Gasteiger partial charge in [-0.3, -0.25) is 0 Å². The van der Waals surface area contributed by atoms with Gasteiger partial charge in [-0.2, -0.15) is 0 Å². The molecule has 0 amide bonds. The number of hydrogen-bond donors (Lipinski definition) is 1. The number of carbonyl (C=O) groups excluding carboxylic acids is 1. The third kappa shape index (κ3) is 3.87. The summed E-state index contributed by atoms with van der Waals surface area (Å²) in [6.07, 6.45) is 0. The fourth-order valence-corrected chi connectivity index (χ4v) is 1.64. The van der Waals surface area contributed by atoms with Crippen molar-refractivity contribution < 1.29 is 9.53 Å². The van der Waals surface area contributed by atoms with Gasteiger partial charge in [0.15, 0.2) is 10.8 Å². The van der Waals surface area contributed by atoms with Gasteiger partial charge in [-0.25, -0.2) is 9.78 Å². The van der Waals surface area contributed by atoms with E-state index in [1.807, 2.05) is 0 Å². The van der Waals surface area contributed by atoms with Gasteiger partial charge in [-0.05, 0) is 12.8 Å². The lowest BCUT2D eigenvalue weighted by Gasteiger charge is -2.04. The molecule has 1 aromatic heterocycles. The zero-order valence-electron chi connectivity index (χ0n) is 9.24. The fourth-order valence-electron chi connectivity index (χ4n) is 0.945. The number of anilines is 1. The van der Waals surface area contributed by atoms with Crippen molar-refractivity contribution in [2.45, 2.75) is 20.8 Å². The number of rotatable bonds is 5. The van der Waals surface area contributed by atoms with E-state index in [0.29, 0.717) is 18.2 Å². The summed E-state index contributed by atoms with van der Waals surface area (Å²) >= 11 is 1.42. The van der Waals surface area contributed by atoms with Gasteiger partial charge in [0.25, 0.3) is 0 Å². The van der Waals surface area contributed by atoms with Gasteiger partial charge in [-0.1, -0.05) is 13.8 Å². The Morgan fingerprint density at radius 3 is 3.00 bits per heavy atom. The second-order valence-electron chi connectivity index (χ2n) is 3.53. The number of esters is 1. The van der Waals surface area contributed by atoms with Crippen molar-refractivity contribution in [2.75, 3.05) is 18.5 Å². The van der Waals surface area contributed by atoms with Crippen molar-refractivity contribution in [2.24, 2.45) is 5.92 Å². The van der Waals surface area contributed by atoms with E-state index in [1.165, 1.54) is 11.3 Å². The molecule has 1 N–H and O–H groups in total. The molecule has 0 radical (unpaired) electrons. The third-order valence-electron chi connectivity index (χ3n) is 1.65. The topological polar surface area (TPSA) is 51.2 Å². The minimum atomic E-state index is -0.355. The van der Waals surface area contributed by atoms with Crippen molar-refractivity contribution >= 4 is 22.4 Å². The molecule has 0 spiro atoms. The second-order valence-corrected chi connectivity index (χ2v) is 4.39. The van der Waals surface area contributed by atoms with Gasteiger partial charge >= 0.3 is 5.97 Å². The molecule has 84 valence electrons. The summed E-state index contributed by atoms with van der Waals surface area (Å²) in [6.45, 7) is 7.25. The van der Waals surface area contributed by atoms with E-state index in [9.17, 15) is 4.79 Å². The predicted molar refractivity (Wildman–Crippen MR) is 61.4 cm³/mol. The van der Waals surface area contributed by atoms with E-state index in [1.54, 1.807) is 12.3 Å². The van der Waals surface area contributed by atoms with Gasteiger partial charge in [0.05, 0.1) is 6.61 Å². The van der Waals surface area contributed by atoms with Crippen molar-refractivity contribution in [3.63, 3.8) is 0 Å². The van der Waals surface area contributed by atoms with Crippen LogP contribution in [-0.2, 0) is 4.74 Å². The monoisotopic (exact) mass is 228 g/mol. The molecular formula is C10H16N2O2S. The molecular weight excluding hydrogens is 212 g/mol. The van der Waals surface area contributed by atoms with Crippen LogP contribution in [0.5, 0.6) is 0 Å². The Labute approximate surface area is 93.7 Å². The number of carbonyl (C=O) groups is 1. The van der Waals surface area contributed by atoms with Crippen molar-refractivity contribution in [1.82, 2.24) is 4.98 Å². The first-order chi connectivity index (χ1) is 7.13. The van der Waals surface area contributed by atoms with Gasteiger partial charge in [0.2, 0.25) is 0 Å². The highest BCUT2D eigenvalue weighted by atomic mass is 32.1. The Kier molecular flexibility index (Phi) is 4.55. The van der Waals surface area contributed by atoms with Crippen LogP contribution in [0.4, 0.5) is 5.13 Å². The quantitative estimate of drug-likeness (QED) is 0.786. The summed E-state index contributed by atoms with van der Waals surface area (Å²) in [6, 6.07) is 0. The van der Waals surface area contributed by atoms with Gasteiger partial charge in [-0.15, -0.1) is 11.3 Å². The summed E-state index contributed by atoms with van der Waals surface area (Å²) in [5, 5.41) is 5.64. The molecule has 0 aliphatic heterocycles. The zero-order chi connectivity index (χ0) is 11.3. The molecule has 0 fully saturated rings. The van der Waals surface area contributed by atoms with Crippen LogP contribution >= 0.6 is 11.3 Å². The highest BCUT2D eigenvalue weighted by Gasteiger charge is 2.11. The molecule has 5 heteroatoms. The van der Waals surface area contributed by atoms with Crippen LogP contribution in [0.25, 0.3) is 0 Å². The lowest BCUT2D eigenvalue weighted by Crippen LogP contribution is -2.09. The van der Waals surface area contributed by atoms with Crippen molar-refractivity contribution in [3.05, 3.63) is 11.1 Å². The fraction of sp³-hybridized carbons (Fsp3) is 0.600. The summed E-state index contributed by atoms with van der Waals surface area (Å²) in [5.74, 6) is 0.200. The number of nitrogens with one attached hydrogen (secondary N) is 1. The van der Waals surface area contributed by atoms with Gasteiger partial charge < -0.3 is 10.1 Å². The van der Waals surface area contributed by atoms with Crippen LogP contribution in [0.1, 0.15) is 31.3 Å². The highest BCUT2D eigenvalue weighted by Crippen LogP contribution is 2.16. The average molecular weight is 228 g/mol. The van der Waals surface area contributed by atoms with Crippen LogP contribution in [0.15, 0.2) is 5.38 Å². The zero-order valence-corrected chi connectivity index (χ0v) is 10.1. The third-order valence-corrected chi connectivity index (χ3v) is 2.45. The smallest absolute Gasteiger partial charge is 0.357 e. The number of hydrogen-bond acceptors (Lipinski definition) is 5. The Morgan fingerprint density at radius 1 is 1.67 bits per heavy atom. The maximum absolute atomic E-state index is 11.3. The van der Waals surface area contributed by atoms with Crippen LogP contribution < -0.4 is 5.32 Å². The van der Waals surface area contributed by atoms with E-state index in [0.717, 1.165) is 11.7 Å². The first kappa shape index (κ1) is 12.0. The second kappa shape index (κ2) is 5.70. The first-order valence-corrected chi connectivity index (χ1v) is 5.88. The molecule has 0 unspecified atom stereocenters. The molecule has 1 aromatic rings. The van der Waals surface area contributed by atoms with Crippen LogP contribution in [0.2, 0.25) is 0 Å². The molecule has 4 nitrogen and oxygen atoms in total. The molecule has 15 heavy (non-hydrogen) atoms. The van der Waals surface area contributed by atoms with Crippen molar-refractivity contribution in [1.29, 1.82) is 0 Å². The summed E-state index contributed by atoms with van der Waals surface area (Å²) in [7, 11) is 0. The van der Waals surface area contributed by atoms with E-state index in [-0.39, 0.29) is 5.97 Å². The first-order valence-electron chi connectivity index (χ1n) is 5.00. The maximum atomic E-state index is 11.3. The van der Waals surface area contributed by atoms with Crippen LogP contribution in [0.3, 0.4) is 0 Å². The standard InChI is InChI=1S/C10H16N2O2S/c1-4-14-9(13)8-6-15-10(12-8)11-5-7(2)3/h6-7H,4-5H2,1-3H3,(H,11,12). The Hall–Kier alpha value is -1.10. The highest BCUT2D eigenvalue weighted by molar-refractivity contribution is 7.13. The molecule has 0 atom stereocenters. The SMILES string of the molecule is CCOC(=O)c1csc(NCC(C)C)n1.